The Morgan fingerprint density at radius 1 is 0.490 bits per heavy atom. The highest BCUT2D eigenvalue weighted by molar-refractivity contribution is 5.73. The van der Waals surface area contributed by atoms with E-state index in [0.717, 1.165) is 61.2 Å². The second-order valence-electron chi connectivity index (χ2n) is 12.4. The van der Waals surface area contributed by atoms with Gasteiger partial charge in [-0.2, -0.15) is 0 Å². The average Bonchev–Trinajstić information content (AvgIpc) is 3.11. The van der Waals surface area contributed by atoms with Crippen LogP contribution in [-0.4, -0.2) is 10.2 Å². The second-order valence-corrected chi connectivity index (χ2v) is 12.4. The molecule has 0 radical (unpaired) electrons. The summed E-state index contributed by atoms with van der Waals surface area (Å²) < 4.78 is 37.6. The van der Waals surface area contributed by atoms with Crippen LogP contribution in [0.1, 0.15) is 51.9 Å². The lowest BCUT2D eigenvalue weighted by Gasteiger charge is -2.16. The zero-order valence-corrected chi connectivity index (χ0v) is 28.8. The molecule has 2 N–H and O–H groups in total. The molecule has 0 heterocycles. The summed E-state index contributed by atoms with van der Waals surface area (Å²) in [6.45, 7) is 9.18. The zero-order valence-electron chi connectivity index (χ0n) is 28.8. The standard InChI is InChI=1S/2C22H21FO2.CH4/c1-15-10-18(14-25-21-8-6-20(23)7-9-21)11-16(2)22(15)19-5-3-4-17(12-19)13-24;1-15-10-16(2)22(18-5-3-4-17(12-18)13-24)19(11-15)14-25-21-8-6-20(23)7-9-21;/h2*3-12,24H,13-14H2,1-2H3;1H4. The van der Waals surface area contributed by atoms with E-state index in [4.69, 9.17) is 9.47 Å². The molecule has 0 spiro atoms. The monoisotopic (exact) mass is 688 g/mol. The number of aliphatic hydroxyl groups is 2. The van der Waals surface area contributed by atoms with E-state index in [1.54, 1.807) is 24.3 Å². The summed E-state index contributed by atoms with van der Waals surface area (Å²) in [5.74, 6) is 0.737. The first-order valence-corrected chi connectivity index (χ1v) is 16.5. The average molecular weight is 689 g/mol. The number of rotatable bonds is 10. The number of aliphatic hydroxyl groups excluding tert-OH is 2. The minimum Gasteiger partial charge on any atom is -0.489 e. The van der Waals surface area contributed by atoms with Gasteiger partial charge >= 0.3 is 0 Å². The summed E-state index contributed by atoms with van der Waals surface area (Å²) in [6.07, 6.45) is 0. The van der Waals surface area contributed by atoms with Gasteiger partial charge in [-0.3, -0.25) is 0 Å². The van der Waals surface area contributed by atoms with Crippen molar-refractivity contribution in [1.29, 1.82) is 0 Å². The van der Waals surface area contributed by atoms with Crippen LogP contribution in [0.25, 0.3) is 22.3 Å². The number of aryl methyl sites for hydroxylation is 4. The molecule has 6 aromatic rings. The Balaban J connectivity index is 0.000000224. The molecule has 0 unspecified atom stereocenters. The van der Waals surface area contributed by atoms with Crippen LogP contribution in [0.15, 0.2) is 121 Å². The van der Waals surface area contributed by atoms with E-state index in [9.17, 15) is 19.0 Å². The lowest BCUT2D eigenvalue weighted by atomic mass is 9.92. The van der Waals surface area contributed by atoms with E-state index in [1.165, 1.54) is 29.8 Å². The van der Waals surface area contributed by atoms with E-state index in [1.807, 2.05) is 42.5 Å². The van der Waals surface area contributed by atoms with Crippen molar-refractivity contribution in [3.8, 4) is 33.8 Å². The number of hydrogen-bond acceptors (Lipinski definition) is 4. The SMILES string of the molecule is C.Cc1cc(C)c(-c2cccc(CO)c2)c(COc2ccc(F)cc2)c1.Cc1cc(COc2ccc(F)cc2)cc(C)c1-c1cccc(CO)c1. The molecular weight excluding hydrogens is 642 g/mol. The molecule has 6 rings (SSSR count). The van der Waals surface area contributed by atoms with Crippen LogP contribution in [0.5, 0.6) is 11.5 Å². The Kier molecular flexibility index (Phi) is 13.7. The third-order valence-electron chi connectivity index (χ3n) is 8.38. The van der Waals surface area contributed by atoms with Crippen molar-refractivity contribution >= 4 is 0 Å². The molecule has 0 aliphatic rings. The highest BCUT2D eigenvalue weighted by Gasteiger charge is 2.12. The smallest absolute Gasteiger partial charge is 0.123 e. The third-order valence-corrected chi connectivity index (χ3v) is 8.38. The molecule has 0 atom stereocenters. The van der Waals surface area contributed by atoms with E-state index in [2.05, 4.69) is 58.0 Å². The Bertz CT molecular complexity index is 2010. The van der Waals surface area contributed by atoms with Crippen LogP contribution < -0.4 is 9.47 Å². The van der Waals surface area contributed by atoms with Crippen molar-refractivity contribution in [2.24, 2.45) is 0 Å². The maximum atomic E-state index is 13.0. The summed E-state index contributed by atoms with van der Waals surface area (Å²) in [5.41, 5.74) is 13.0. The van der Waals surface area contributed by atoms with Crippen LogP contribution in [0.4, 0.5) is 8.78 Å². The predicted molar refractivity (Wildman–Crippen MR) is 203 cm³/mol. The first-order chi connectivity index (χ1) is 24.1. The molecule has 51 heavy (non-hydrogen) atoms. The summed E-state index contributed by atoms with van der Waals surface area (Å²) in [7, 11) is 0. The fraction of sp³-hybridized carbons (Fsp3) is 0.200. The number of halogens is 2. The molecule has 0 saturated heterocycles. The molecule has 0 bridgehead atoms. The van der Waals surface area contributed by atoms with Gasteiger partial charge in [0.15, 0.2) is 0 Å². The van der Waals surface area contributed by atoms with Crippen LogP contribution in [0, 0.1) is 39.3 Å². The maximum absolute atomic E-state index is 13.0. The summed E-state index contributed by atoms with van der Waals surface area (Å²) in [4.78, 5) is 0. The molecule has 6 heteroatoms. The lowest BCUT2D eigenvalue weighted by Crippen LogP contribution is -2.01. The van der Waals surface area contributed by atoms with Crippen molar-refractivity contribution in [2.75, 3.05) is 0 Å². The normalized spacial score (nSPS) is 10.5. The first kappa shape index (κ1) is 38.5. The summed E-state index contributed by atoms with van der Waals surface area (Å²) in [5, 5.41) is 18.8. The quantitative estimate of drug-likeness (QED) is 0.150. The molecule has 6 aromatic carbocycles. The minimum absolute atomic E-state index is 0. The van der Waals surface area contributed by atoms with Gasteiger partial charge in [-0.15, -0.1) is 0 Å². The van der Waals surface area contributed by atoms with Crippen LogP contribution in [0.2, 0.25) is 0 Å². The molecule has 264 valence electrons. The molecule has 0 fully saturated rings. The molecule has 4 nitrogen and oxygen atoms in total. The molecule has 0 aromatic heterocycles. The first-order valence-electron chi connectivity index (χ1n) is 16.5. The van der Waals surface area contributed by atoms with Gasteiger partial charge in [-0.05, 0) is 150 Å². The van der Waals surface area contributed by atoms with E-state index >= 15 is 0 Å². The van der Waals surface area contributed by atoms with Crippen molar-refractivity contribution in [2.45, 2.75) is 61.5 Å². The van der Waals surface area contributed by atoms with Gasteiger partial charge in [0.2, 0.25) is 0 Å². The third kappa shape index (κ3) is 10.4. The van der Waals surface area contributed by atoms with Gasteiger partial charge in [-0.1, -0.05) is 73.7 Å². The van der Waals surface area contributed by atoms with Crippen LogP contribution in [0.3, 0.4) is 0 Å². The van der Waals surface area contributed by atoms with E-state index < -0.39 is 0 Å². The highest BCUT2D eigenvalue weighted by atomic mass is 19.1. The largest absolute Gasteiger partial charge is 0.489 e. The molecule has 0 saturated carbocycles. The van der Waals surface area contributed by atoms with Gasteiger partial charge in [0.25, 0.3) is 0 Å². The highest BCUT2D eigenvalue weighted by Crippen LogP contribution is 2.32. The van der Waals surface area contributed by atoms with Crippen molar-refractivity contribution in [3.63, 3.8) is 0 Å². The van der Waals surface area contributed by atoms with Crippen LogP contribution >= 0.6 is 0 Å². The zero-order chi connectivity index (χ0) is 35.6. The van der Waals surface area contributed by atoms with Crippen molar-refractivity contribution in [1.82, 2.24) is 0 Å². The predicted octanol–water partition coefficient (Wildman–Crippen LogP) is 11.0. The van der Waals surface area contributed by atoms with Crippen LogP contribution in [-0.2, 0) is 26.4 Å². The Labute approximate surface area is 300 Å². The van der Waals surface area contributed by atoms with Gasteiger partial charge in [0, 0.05) is 0 Å². The summed E-state index contributed by atoms with van der Waals surface area (Å²) in [6, 6.07) is 36.4. The van der Waals surface area contributed by atoms with Crippen molar-refractivity contribution < 1.29 is 28.5 Å². The van der Waals surface area contributed by atoms with E-state index in [-0.39, 0.29) is 32.3 Å². The Morgan fingerprint density at radius 2 is 0.941 bits per heavy atom. The number of hydrogen-bond donors (Lipinski definition) is 2. The molecule has 0 amide bonds. The second kappa shape index (κ2) is 18.1. The Morgan fingerprint density at radius 3 is 1.43 bits per heavy atom. The van der Waals surface area contributed by atoms with Gasteiger partial charge < -0.3 is 19.7 Å². The number of benzene rings is 6. The lowest BCUT2D eigenvalue weighted by molar-refractivity contribution is 0.281. The molecular formula is C45H46F2O4. The minimum atomic E-state index is -0.278. The topological polar surface area (TPSA) is 58.9 Å². The van der Waals surface area contributed by atoms with E-state index in [0.29, 0.717) is 24.7 Å². The summed E-state index contributed by atoms with van der Waals surface area (Å²) >= 11 is 0. The van der Waals surface area contributed by atoms with Gasteiger partial charge in [0.1, 0.15) is 36.3 Å². The van der Waals surface area contributed by atoms with Gasteiger partial charge in [0.05, 0.1) is 13.2 Å². The maximum Gasteiger partial charge on any atom is 0.123 e. The molecule has 0 aliphatic carbocycles. The van der Waals surface area contributed by atoms with Crippen molar-refractivity contribution in [3.05, 3.63) is 177 Å². The molecule has 0 aliphatic heterocycles. The van der Waals surface area contributed by atoms with Gasteiger partial charge in [-0.25, -0.2) is 8.78 Å². The Hall–Kier alpha value is -5.30. The number of ether oxygens (including phenoxy) is 2. The fourth-order valence-corrected chi connectivity index (χ4v) is 6.21. The fourth-order valence-electron chi connectivity index (χ4n) is 6.21.